The van der Waals surface area contributed by atoms with Gasteiger partial charge in [0, 0.05) is 18.5 Å². The lowest BCUT2D eigenvalue weighted by atomic mass is 9.87. The molecule has 1 aromatic carbocycles. The first kappa shape index (κ1) is 21.5. The normalized spacial score (nSPS) is 13.0. The molecule has 0 aliphatic rings. The van der Waals surface area contributed by atoms with Crippen molar-refractivity contribution in [2.45, 2.75) is 26.9 Å². The van der Waals surface area contributed by atoms with Crippen LogP contribution in [0.15, 0.2) is 61.1 Å². The Hall–Kier alpha value is -2.79. The topological polar surface area (TPSA) is 49.8 Å². The van der Waals surface area contributed by atoms with Gasteiger partial charge in [-0.2, -0.15) is 0 Å². The van der Waals surface area contributed by atoms with E-state index in [1.54, 1.807) is 38.8 Å². The van der Waals surface area contributed by atoms with E-state index in [-0.39, 0.29) is 11.5 Å². The minimum atomic E-state index is -0.308. The third-order valence-corrected chi connectivity index (χ3v) is 4.02. The van der Waals surface area contributed by atoms with Crippen molar-refractivity contribution in [3.63, 3.8) is 0 Å². The lowest BCUT2D eigenvalue weighted by molar-refractivity contribution is 0.00146. The standard InChI is InChI=1S/C23H29NO4/c1-7-13-27-22(23(2,3)4)21(14-17-9-8-12-24-16-17)28-19-11-10-18(25-5)15-20(19)26-6/h7-12,14-16,22H,1,13H2,2-6H3/b21-14+. The van der Waals surface area contributed by atoms with Gasteiger partial charge in [-0.05, 0) is 35.3 Å². The van der Waals surface area contributed by atoms with E-state index >= 15 is 0 Å². The Balaban J connectivity index is 2.49. The summed E-state index contributed by atoms with van der Waals surface area (Å²) in [4.78, 5) is 4.19. The van der Waals surface area contributed by atoms with Crippen molar-refractivity contribution < 1.29 is 18.9 Å². The van der Waals surface area contributed by atoms with Crippen molar-refractivity contribution in [1.82, 2.24) is 4.98 Å². The number of aromatic nitrogens is 1. The third kappa shape index (κ3) is 5.86. The molecule has 1 aromatic heterocycles. The van der Waals surface area contributed by atoms with E-state index < -0.39 is 0 Å². The molecule has 0 radical (unpaired) electrons. The molecule has 0 bridgehead atoms. The molecule has 1 unspecified atom stereocenters. The van der Waals surface area contributed by atoms with Gasteiger partial charge in [0.1, 0.15) is 17.6 Å². The molecule has 1 heterocycles. The predicted molar refractivity (Wildman–Crippen MR) is 112 cm³/mol. The van der Waals surface area contributed by atoms with Crippen molar-refractivity contribution >= 4 is 6.08 Å². The summed E-state index contributed by atoms with van der Waals surface area (Å²) in [5.41, 5.74) is 0.706. The van der Waals surface area contributed by atoms with Crippen LogP contribution in [0.2, 0.25) is 0 Å². The highest BCUT2D eigenvalue weighted by Crippen LogP contribution is 2.36. The fourth-order valence-electron chi connectivity index (χ4n) is 2.69. The second-order valence-corrected chi connectivity index (χ2v) is 7.32. The van der Waals surface area contributed by atoms with E-state index in [4.69, 9.17) is 18.9 Å². The van der Waals surface area contributed by atoms with E-state index in [9.17, 15) is 0 Å². The smallest absolute Gasteiger partial charge is 0.169 e. The maximum atomic E-state index is 6.32. The van der Waals surface area contributed by atoms with Crippen LogP contribution in [0.5, 0.6) is 17.2 Å². The van der Waals surface area contributed by atoms with Gasteiger partial charge in [-0.25, -0.2) is 0 Å². The Kier molecular flexibility index (Phi) is 7.64. The quantitative estimate of drug-likeness (QED) is 0.443. The van der Waals surface area contributed by atoms with Gasteiger partial charge in [0.2, 0.25) is 0 Å². The molecular weight excluding hydrogens is 354 g/mol. The maximum Gasteiger partial charge on any atom is 0.169 e. The molecule has 0 fully saturated rings. The summed E-state index contributed by atoms with van der Waals surface area (Å²) in [6.45, 7) is 10.5. The Morgan fingerprint density at radius 2 is 1.93 bits per heavy atom. The highest BCUT2D eigenvalue weighted by Gasteiger charge is 2.31. The fraction of sp³-hybridized carbons (Fsp3) is 0.348. The lowest BCUT2D eigenvalue weighted by Crippen LogP contribution is -2.33. The van der Waals surface area contributed by atoms with E-state index in [0.29, 0.717) is 29.6 Å². The first-order chi connectivity index (χ1) is 13.4. The van der Waals surface area contributed by atoms with Gasteiger partial charge < -0.3 is 18.9 Å². The molecule has 2 rings (SSSR count). The highest BCUT2D eigenvalue weighted by atomic mass is 16.5. The van der Waals surface area contributed by atoms with Gasteiger partial charge in [-0.3, -0.25) is 4.98 Å². The molecular formula is C23H29NO4. The molecule has 5 nitrogen and oxygen atoms in total. The van der Waals surface area contributed by atoms with Crippen molar-refractivity contribution in [3.05, 3.63) is 66.7 Å². The summed E-state index contributed by atoms with van der Waals surface area (Å²) in [6.07, 6.45) is 6.88. The molecule has 0 saturated carbocycles. The first-order valence-electron chi connectivity index (χ1n) is 9.13. The van der Waals surface area contributed by atoms with Crippen LogP contribution in [0.25, 0.3) is 6.08 Å². The molecule has 0 N–H and O–H groups in total. The number of hydrogen-bond donors (Lipinski definition) is 0. The summed E-state index contributed by atoms with van der Waals surface area (Å²) < 4.78 is 23.2. The highest BCUT2D eigenvalue weighted by molar-refractivity contribution is 5.54. The summed E-state index contributed by atoms with van der Waals surface area (Å²) >= 11 is 0. The molecule has 0 spiro atoms. The third-order valence-electron chi connectivity index (χ3n) is 4.02. The van der Waals surface area contributed by atoms with Crippen LogP contribution >= 0.6 is 0 Å². The zero-order chi connectivity index (χ0) is 20.6. The minimum absolute atomic E-state index is 0.212. The number of methoxy groups -OCH3 is 2. The molecule has 1 atom stereocenters. The summed E-state index contributed by atoms with van der Waals surface area (Å²) in [6, 6.07) is 9.29. The predicted octanol–water partition coefficient (Wildman–Crippen LogP) is 5.14. The first-order valence-corrected chi connectivity index (χ1v) is 9.13. The van der Waals surface area contributed by atoms with Crippen LogP contribution < -0.4 is 14.2 Å². The molecule has 2 aromatic rings. The van der Waals surface area contributed by atoms with Gasteiger partial charge in [0.15, 0.2) is 11.5 Å². The van der Waals surface area contributed by atoms with Gasteiger partial charge in [-0.1, -0.05) is 32.9 Å². The van der Waals surface area contributed by atoms with Gasteiger partial charge in [0.05, 0.1) is 20.8 Å². The fourth-order valence-corrected chi connectivity index (χ4v) is 2.69. The molecule has 5 heteroatoms. The molecule has 28 heavy (non-hydrogen) atoms. The molecule has 0 saturated heterocycles. The van der Waals surface area contributed by atoms with Crippen molar-refractivity contribution in [2.24, 2.45) is 5.41 Å². The summed E-state index contributed by atoms with van der Waals surface area (Å²) in [5, 5.41) is 0. The molecule has 0 aliphatic heterocycles. The second-order valence-electron chi connectivity index (χ2n) is 7.32. The number of nitrogens with zero attached hydrogens (tertiary/aromatic N) is 1. The summed E-state index contributed by atoms with van der Waals surface area (Å²) in [5.74, 6) is 2.51. The van der Waals surface area contributed by atoms with Crippen LogP contribution in [0, 0.1) is 5.41 Å². The van der Waals surface area contributed by atoms with Gasteiger partial charge in [0.25, 0.3) is 0 Å². The Morgan fingerprint density at radius 1 is 1.14 bits per heavy atom. The number of hydrogen-bond acceptors (Lipinski definition) is 5. The number of rotatable bonds is 9. The van der Waals surface area contributed by atoms with Crippen molar-refractivity contribution in [2.75, 3.05) is 20.8 Å². The monoisotopic (exact) mass is 383 g/mol. The average molecular weight is 383 g/mol. The second kappa shape index (κ2) is 9.95. The number of benzene rings is 1. The SMILES string of the molecule is C=CCOC(/C(=C\c1cccnc1)Oc1ccc(OC)cc1OC)C(C)(C)C. The largest absolute Gasteiger partial charge is 0.497 e. The number of pyridine rings is 1. The van der Waals surface area contributed by atoms with Crippen molar-refractivity contribution in [3.8, 4) is 17.2 Å². The van der Waals surface area contributed by atoms with E-state index in [1.807, 2.05) is 30.3 Å². The maximum absolute atomic E-state index is 6.32. The average Bonchev–Trinajstić information content (AvgIpc) is 2.68. The molecule has 0 aliphatic carbocycles. The lowest BCUT2D eigenvalue weighted by Gasteiger charge is -2.32. The van der Waals surface area contributed by atoms with E-state index in [0.717, 1.165) is 5.56 Å². The Bertz CT molecular complexity index is 794. The zero-order valence-corrected chi connectivity index (χ0v) is 17.3. The molecule has 0 amide bonds. The van der Waals surface area contributed by atoms with Gasteiger partial charge in [-0.15, -0.1) is 6.58 Å². The van der Waals surface area contributed by atoms with E-state index in [1.165, 1.54) is 0 Å². The van der Waals surface area contributed by atoms with Crippen LogP contribution in [-0.2, 0) is 4.74 Å². The Labute approximate surface area is 167 Å². The van der Waals surface area contributed by atoms with Crippen molar-refractivity contribution in [1.29, 1.82) is 0 Å². The van der Waals surface area contributed by atoms with Crippen LogP contribution in [0.1, 0.15) is 26.3 Å². The Morgan fingerprint density at radius 3 is 2.50 bits per heavy atom. The zero-order valence-electron chi connectivity index (χ0n) is 17.3. The van der Waals surface area contributed by atoms with Crippen LogP contribution in [0.4, 0.5) is 0 Å². The van der Waals surface area contributed by atoms with Crippen LogP contribution in [-0.4, -0.2) is 31.9 Å². The van der Waals surface area contributed by atoms with E-state index in [2.05, 4.69) is 32.3 Å². The minimum Gasteiger partial charge on any atom is -0.497 e. The number of ether oxygens (including phenoxy) is 4. The summed E-state index contributed by atoms with van der Waals surface area (Å²) in [7, 11) is 3.21. The van der Waals surface area contributed by atoms with Gasteiger partial charge >= 0.3 is 0 Å². The van der Waals surface area contributed by atoms with Crippen LogP contribution in [0.3, 0.4) is 0 Å². The molecule has 150 valence electrons.